The maximum absolute atomic E-state index is 13.2. The number of carbonyl (C=O) groups excluding carboxylic acids is 2. The lowest BCUT2D eigenvalue weighted by molar-refractivity contribution is -0.119. The van der Waals surface area contributed by atoms with Crippen molar-refractivity contribution in [1.29, 1.82) is 0 Å². The van der Waals surface area contributed by atoms with Crippen LogP contribution in [0.2, 0.25) is 5.02 Å². The van der Waals surface area contributed by atoms with Gasteiger partial charge >= 0.3 is 0 Å². The summed E-state index contributed by atoms with van der Waals surface area (Å²) in [6.45, 7) is -0.193. The number of carbonyl (C=O) groups is 2. The van der Waals surface area contributed by atoms with E-state index in [0.29, 0.717) is 17.0 Å². The number of hydrogen-bond donors (Lipinski definition) is 2. The molecule has 0 aromatic heterocycles. The van der Waals surface area contributed by atoms with Crippen molar-refractivity contribution in [1.82, 2.24) is 0 Å². The van der Waals surface area contributed by atoms with Crippen molar-refractivity contribution in [2.24, 2.45) is 5.73 Å². The SMILES string of the molecule is NC(=O)COc1ccccc1C(=O)Nc1ccc(OCc2cccc(F)c2)c(Cl)c1. The van der Waals surface area contributed by atoms with Gasteiger partial charge in [0.25, 0.3) is 11.8 Å². The van der Waals surface area contributed by atoms with Crippen molar-refractivity contribution >= 4 is 29.1 Å². The van der Waals surface area contributed by atoms with Gasteiger partial charge < -0.3 is 20.5 Å². The van der Waals surface area contributed by atoms with Crippen LogP contribution in [0.1, 0.15) is 15.9 Å². The molecule has 30 heavy (non-hydrogen) atoms. The number of para-hydroxylation sites is 1. The van der Waals surface area contributed by atoms with Crippen LogP contribution in [-0.4, -0.2) is 18.4 Å². The number of halogens is 2. The van der Waals surface area contributed by atoms with Crippen molar-refractivity contribution in [2.75, 3.05) is 11.9 Å². The zero-order valence-corrected chi connectivity index (χ0v) is 16.5. The third-order valence-corrected chi connectivity index (χ3v) is 4.27. The molecular formula is C22H18ClFN2O4. The molecule has 3 rings (SSSR count). The molecule has 0 aliphatic heterocycles. The van der Waals surface area contributed by atoms with Crippen molar-refractivity contribution in [3.05, 3.63) is 88.7 Å². The van der Waals surface area contributed by atoms with Gasteiger partial charge in [-0.3, -0.25) is 9.59 Å². The summed E-state index contributed by atoms with van der Waals surface area (Å²) in [4.78, 5) is 23.5. The van der Waals surface area contributed by atoms with Gasteiger partial charge in [-0.1, -0.05) is 35.9 Å². The van der Waals surface area contributed by atoms with Gasteiger partial charge in [-0.25, -0.2) is 4.39 Å². The van der Waals surface area contributed by atoms with E-state index in [1.165, 1.54) is 18.2 Å². The van der Waals surface area contributed by atoms with Crippen LogP contribution in [0.3, 0.4) is 0 Å². The molecule has 0 atom stereocenters. The van der Waals surface area contributed by atoms with Gasteiger partial charge in [0, 0.05) is 5.69 Å². The Bertz CT molecular complexity index is 1070. The van der Waals surface area contributed by atoms with E-state index in [0.717, 1.165) is 0 Å². The molecule has 0 saturated carbocycles. The molecule has 3 N–H and O–H groups in total. The molecule has 0 heterocycles. The molecule has 154 valence electrons. The second-order valence-electron chi connectivity index (χ2n) is 6.27. The fraction of sp³-hybridized carbons (Fsp3) is 0.0909. The first-order chi connectivity index (χ1) is 14.4. The van der Waals surface area contributed by atoms with E-state index in [1.54, 1.807) is 48.5 Å². The highest BCUT2D eigenvalue weighted by Gasteiger charge is 2.14. The zero-order valence-electron chi connectivity index (χ0n) is 15.7. The lowest BCUT2D eigenvalue weighted by atomic mass is 10.2. The molecule has 6 nitrogen and oxygen atoms in total. The topological polar surface area (TPSA) is 90.7 Å². The number of amides is 2. The molecular weight excluding hydrogens is 411 g/mol. The molecule has 0 saturated heterocycles. The third kappa shape index (κ3) is 5.71. The molecule has 0 spiro atoms. The summed E-state index contributed by atoms with van der Waals surface area (Å²) in [5.74, 6) is -0.815. The third-order valence-electron chi connectivity index (χ3n) is 3.97. The number of ether oxygens (including phenoxy) is 2. The summed E-state index contributed by atoms with van der Waals surface area (Å²) in [7, 11) is 0. The minimum atomic E-state index is -0.647. The Balaban J connectivity index is 1.67. The summed E-state index contributed by atoms with van der Waals surface area (Å²) in [6, 6.07) is 17.3. The monoisotopic (exact) mass is 428 g/mol. The zero-order chi connectivity index (χ0) is 21.5. The van der Waals surface area contributed by atoms with Crippen molar-refractivity contribution in [3.8, 4) is 11.5 Å². The summed E-state index contributed by atoms with van der Waals surface area (Å²) in [5, 5.41) is 2.99. The Kier molecular flexibility index (Phi) is 6.87. The molecule has 0 fully saturated rings. The molecule has 0 aliphatic rings. The predicted molar refractivity (Wildman–Crippen MR) is 111 cm³/mol. The van der Waals surface area contributed by atoms with Crippen LogP contribution >= 0.6 is 11.6 Å². The average molecular weight is 429 g/mol. The van der Waals surface area contributed by atoms with Gasteiger partial charge in [0.05, 0.1) is 10.6 Å². The van der Waals surface area contributed by atoms with Crippen LogP contribution in [-0.2, 0) is 11.4 Å². The number of hydrogen-bond acceptors (Lipinski definition) is 4. The quantitative estimate of drug-likeness (QED) is 0.563. The fourth-order valence-corrected chi connectivity index (χ4v) is 2.85. The Morgan fingerprint density at radius 2 is 1.77 bits per heavy atom. The Morgan fingerprint density at radius 3 is 2.50 bits per heavy atom. The average Bonchev–Trinajstić information content (AvgIpc) is 2.72. The number of anilines is 1. The van der Waals surface area contributed by atoms with E-state index in [1.807, 2.05) is 0 Å². The van der Waals surface area contributed by atoms with Crippen LogP contribution in [0.15, 0.2) is 66.7 Å². The second kappa shape index (κ2) is 9.76. The lowest BCUT2D eigenvalue weighted by Crippen LogP contribution is -2.21. The first-order valence-electron chi connectivity index (χ1n) is 8.90. The molecule has 8 heteroatoms. The summed E-state index contributed by atoms with van der Waals surface area (Å²) in [5.41, 5.74) is 6.42. The van der Waals surface area contributed by atoms with E-state index in [-0.39, 0.29) is 35.4 Å². The number of rotatable bonds is 8. The minimum Gasteiger partial charge on any atom is -0.487 e. The number of nitrogens with one attached hydrogen (secondary N) is 1. The second-order valence-corrected chi connectivity index (χ2v) is 6.68. The van der Waals surface area contributed by atoms with E-state index >= 15 is 0 Å². The Morgan fingerprint density at radius 1 is 0.967 bits per heavy atom. The molecule has 3 aromatic carbocycles. The van der Waals surface area contributed by atoms with Crippen LogP contribution < -0.4 is 20.5 Å². The molecule has 0 bridgehead atoms. The van der Waals surface area contributed by atoms with Gasteiger partial charge in [0.15, 0.2) is 6.61 Å². The standard InChI is InChI=1S/C22H18ClFN2O4/c23-18-11-16(8-9-20(18)29-12-14-4-3-5-15(24)10-14)26-22(28)17-6-1-2-7-19(17)30-13-21(25)27/h1-11H,12-13H2,(H2,25,27)(H,26,28). The van der Waals surface area contributed by atoms with E-state index < -0.39 is 11.8 Å². The smallest absolute Gasteiger partial charge is 0.259 e. The van der Waals surface area contributed by atoms with Crippen LogP contribution in [0.25, 0.3) is 0 Å². The van der Waals surface area contributed by atoms with Gasteiger partial charge in [-0.05, 0) is 48.0 Å². The lowest BCUT2D eigenvalue weighted by Gasteiger charge is -2.12. The molecule has 0 unspecified atom stereocenters. The predicted octanol–water partition coefficient (Wildman–Crippen LogP) is 4.17. The van der Waals surface area contributed by atoms with Gasteiger partial charge in [-0.15, -0.1) is 0 Å². The molecule has 0 aliphatic carbocycles. The number of primary amides is 1. The van der Waals surface area contributed by atoms with E-state index in [2.05, 4.69) is 5.32 Å². The summed E-state index contributed by atoms with van der Waals surface area (Å²) < 4.78 is 24.1. The molecule has 0 radical (unpaired) electrons. The Labute approximate surface area is 177 Å². The van der Waals surface area contributed by atoms with Gasteiger partial charge in [0.1, 0.15) is 23.9 Å². The van der Waals surface area contributed by atoms with Crippen molar-refractivity contribution in [3.63, 3.8) is 0 Å². The van der Waals surface area contributed by atoms with Crippen LogP contribution in [0.4, 0.5) is 10.1 Å². The highest BCUT2D eigenvalue weighted by Crippen LogP contribution is 2.29. The van der Waals surface area contributed by atoms with Gasteiger partial charge in [-0.2, -0.15) is 0 Å². The molecule has 2 amide bonds. The number of nitrogens with two attached hydrogens (primary N) is 1. The first-order valence-corrected chi connectivity index (χ1v) is 9.28. The maximum Gasteiger partial charge on any atom is 0.259 e. The molecule has 3 aromatic rings. The summed E-state index contributed by atoms with van der Waals surface area (Å²) >= 11 is 6.25. The summed E-state index contributed by atoms with van der Waals surface area (Å²) in [6.07, 6.45) is 0. The maximum atomic E-state index is 13.2. The van der Waals surface area contributed by atoms with E-state index in [9.17, 15) is 14.0 Å². The van der Waals surface area contributed by atoms with Gasteiger partial charge in [0.2, 0.25) is 0 Å². The highest BCUT2D eigenvalue weighted by molar-refractivity contribution is 6.32. The normalized spacial score (nSPS) is 10.3. The minimum absolute atomic E-state index is 0.147. The van der Waals surface area contributed by atoms with Crippen LogP contribution in [0.5, 0.6) is 11.5 Å². The Hall–Kier alpha value is -3.58. The largest absolute Gasteiger partial charge is 0.487 e. The number of benzene rings is 3. The highest BCUT2D eigenvalue weighted by atomic mass is 35.5. The van der Waals surface area contributed by atoms with E-state index in [4.69, 9.17) is 26.8 Å². The fourth-order valence-electron chi connectivity index (χ4n) is 2.61. The van der Waals surface area contributed by atoms with Crippen molar-refractivity contribution < 1.29 is 23.5 Å². The first kappa shape index (κ1) is 21.1. The van der Waals surface area contributed by atoms with Crippen LogP contribution in [0, 0.1) is 5.82 Å². The van der Waals surface area contributed by atoms with Crippen molar-refractivity contribution in [2.45, 2.75) is 6.61 Å².